The van der Waals surface area contributed by atoms with Gasteiger partial charge in [0.15, 0.2) is 0 Å². The summed E-state index contributed by atoms with van der Waals surface area (Å²) in [5.41, 5.74) is 0.958. The molecule has 0 aromatic heterocycles. The Balaban J connectivity index is 1.59. The van der Waals surface area contributed by atoms with Gasteiger partial charge in [0.25, 0.3) is 5.91 Å². The van der Waals surface area contributed by atoms with Crippen LogP contribution in [0.4, 0.5) is 0 Å². The number of unbranched alkanes of at least 4 members (excludes halogenated alkanes) is 1. The molecule has 1 N–H and O–H groups in total. The van der Waals surface area contributed by atoms with E-state index in [4.69, 9.17) is 11.6 Å². The van der Waals surface area contributed by atoms with Crippen molar-refractivity contribution >= 4 is 53.0 Å². The molecule has 1 aliphatic heterocycles. The van der Waals surface area contributed by atoms with Gasteiger partial charge >= 0.3 is 0 Å². The topological polar surface area (TPSA) is 49.4 Å². The first-order valence-electron chi connectivity index (χ1n) is 11.4. The summed E-state index contributed by atoms with van der Waals surface area (Å²) in [5, 5.41) is 4.07. The first kappa shape index (κ1) is 24.5. The van der Waals surface area contributed by atoms with Crippen molar-refractivity contribution in [3.8, 4) is 0 Å². The van der Waals surface area contributed by atoms with E-state index in [2.05, 4.69) is 12.2 Å². The fourth-order valence-corrected chi connectivity index (χ4v) is 6.68. The molecule has 0 bridgehead atoms. The Morgan fingerprint density at radius 1 is 1.23 bits per heavy atom. The Morgan fingerprint density at radius 2 is 1.97 bits per heavy atom. The average Bonchev–Trinajstić information content (AvgIpc) is 2.77. The Morgan fingerprint density at radius 3 is 2.74 bits per heavy atom. The number of amides is 2. The van der Waals surface area contributed by atoms with Crippen LogP contribution < -0.4 is 5.32 Å². The molecule has 1 saturated carbocycles. The van der Waals surface area contributed by atoms with E-state index in [0.29, 0.717) is 16.8 Å². The highest BCUT2D eigenvalue weighted by Gasteiger charge is 2.41. The second-order valence-corrected chi connectivity index (χ2v) is 11.1. The minimum absolute atomic E-state index is 0.0200. The summed E-state index contributed by atoms with van der Waals surface area (Å²) >= 11 is 9.63. The van der Waals surface area contributed by atoms with Crippen molar-refractivity contribution in [3.05, 3.63) is 39.8 Å². The number of carbonyl (C=O) groups excluding carboxylic acids is 2. The lowest BCUT2D eigenvalue weighted by molar-refractivity contribution is -0.135. The van der Waals surface area contributed by atoms with Gasteiger partial charge < -0.3 is 10.2 Å². The third kappa shape index (κ3) is 7.47. The molecule has 1 aromatic carbocycles. The Hall–Kier alpha value is -1.11. The number of fused-ring (bicyclic) bond motifs is 1. The van der Waals surface area contributed by atoms with Crippen LogP contribution in [-0.2, 0) is 9.59 Å². The van der Waals surface area contributed by atoms with Gasteiger partial charge in [-0.3, -0.25) is 9.59 Å². The Kier molecular flexibility index (Phi) is 10.1. The van der Waals surface area contributed by atoms with Gasteiger partial charge in [-0.05, 0) is 61.0 Å². The molecule has 2 fully saturated rings. The molecule has 3 rings (SSSR count). The van der Waals surface area contributed by atoms with Crippen molar-refractivity contribution in [2.75, 3.05) is 24.6 Å². The second kappa shape index (κ2) is 12.8. The van der Waals surface area contributed by atoms with Gasteiger partial charge in [0.2, 0.25) is 5.91 Å². The number of benzene rings is 1. The van der Waals surface area contributed by atoms with E-state index in [1.54, 1.807) is 11.8 Å². The van der Waals surface area contributed by atoms with E-state index >= 15 is 0 Å². The third-order valence-corrected chi connectivity index (χ3v) is 8.54. The zero-order valence-electron chi connectivity index (χ0n) is 18.3. The lowest BCUT2D eigenvalue weighted by Crippen LogP contribution is -2.54. The molecule has 0 radical (unpaired) electrons. The molecule has 2 amide bonds. The molecule has 4 nitrogen and oxygen atoms in total. The summed E-state index contributed by atoms with van der Waals surface area (Å²) in [6.07, 6.45) is 9.77. The fraction of sp³-hybridized carbons (Fsp3) is 0.583. The molecule has 170 valence electrons. The van der Waals surface area contributed by atoms with Crippen molar-refractivity contribution in [3.63, 3.8) is 0 Å². The zero-order valence-corrected chi connectivity index (χ0v) is 20.7. The highest BCUT2D eigenvalue weighted by Crippen LogP contribution is 2.42. The van der Waals surface area contributed by atoms with Crippen LogP contribution in [0.25, 0.3) is 6.08 Å². The Bertz CT molecular complexity index is 769. The molecule has 7 heteroatoms. The molecule has 2 atom stereocenters. The maximum absolute atomic E-state index is 13.3. The van der Waals surface area contributed by atoms with Crippen LogP contribution >= 0.6 is 35.1 Å². The molecule has 0 spiro atoms. The molecule has 1 aromatic rings. The highest BCUT2D eigenvalue weighted by atomic mass is 35.5. The minimum atomic E-state index is -0.0472. The molecule has 2 unspecified atom stereocenters. The van der Waals surface area contributed by atoms with Gasteiger partial charge in [0, 0.05) is 22.9 Å². The maximum Gasteiger partial charge on any atom is 0.261 e. The van der Waals surface area contributed by atoms with Gasteiger partial charge in [0.1, 0.15) is 6.54 Å². The van der Waals surface area contributed by atoms with Crippen molar-refractivity contribution in [1.82, 2.24) is 10.2 Å². The van der Waals surface area contributed by atoms with Gasteiger partial charge in [-0.1, -0.05) is 49.9 Å². The summed E-state index contributed by atoms with van der Waals surface area (Å²) in [7, 11) is 0. The van der Waals surface area contributed by atoms with Crippen LogP contribution in [0.5, 0.6) is 0 Å². The second-order valence-electron chi connectivity index (χ2n) is 8.17. The van der Waals surface area contributed by atoms with Crippen molar-refractivity contribution < 1.29 is 9.59 Å². The molecular weight excluding hydrogens is 448 g/mol. The predicted octanol–water partition coefficient (Wildman–Crippen LogP) is 5.61. The standard InChI is InChI=1S/C24H33ClN2O2S2/c1-2-3-14-30-15-6-13-26-23(28)17-27-20-7-4-5-8-21(20)31-22(24(27)29)16-18-9-11-19(25)12-10-18/h9-12,16,20-21H,2-8,13-15,17H2,1H3,(H,26,28)/b22-16-. The van der Waals surface area contributed by atoms with Gasteiger partial charge in [-0.2, -0.15) is 11.8 Å². The number of carbonyl (C=O) groups is 2. The van der Waals surface area contributed by atoms with E-state index in [-0.39, 0.29) is 24.4 Å². The van der Waals surface area contributed by atoms with Crippen LogP contribution in [-0.4, -0.2) is 52.6 Å². The normalized spacial score (nSPS) is 22.5. The number of thioether (sulfide) groups is 2. The average molecular weight is 481 g/mol. The van der Waals surface area contributed by atoms with Gasteiger partial charge in [-0.15, -0.1) is 11.8 Å². The van der Waals surface area contributed by atoms with Crippen molar-refractivity contribution in [2.24, 2.45) is 0 Å². The molecule has 1 heterocycles. The van der Waals surface area contributed by atoms with E-state index in [9.17, 15) is 9.59 Å². The number of halogens is 1. The molecule has 1 aliphatic carbocycles. The van der Waals surface area contributed by atoms with Crippen LogP contribution in [0.3, 0.4) is 0 Å². The lowest BCUT2D eigenvalue weighted by atomic mass is 9.93. The molecular formula is C24H33ClN2O2S2. The monoisotopic (exact) mass is 480 g/mol. The maximum atomic E-state index is 13.3. The van der Waals surface area contributed by atoms with Crippen LogP contribution in [0.1, 0.15) is 57.4 Å². The van der Waals surface area contributed by atoms with E-state index in [1.165, 1.54) is 25.0 Å². The SMILES string of the molecule is CCCCSCCCNC(=O)CN1C(=O)/C(=C/c2ccc(Cl)cc2)SC2CCCCC21. The summed E-state index contributed by atoms with van der Waals surface area (Å²) < 4.78 is 0. The lowest BCUT2D eigenvalue weighted by Gasteiger charge is -2.43. The number of hydrogen-bond acceptors (Lipinski definition) is 4. The summed E-state index contributed by atoms with van der Waals surface area (Å²) in [6, 6.07) is 7.67. The quantitative estimate of drug-likeness (QED) is 0.349. The largest absolute Gasteiger partial charge is 0.355 e. The highest BCUT2D eigenvalue weighted by molar-refractivity contribution is 8.04. The molecule has 2 aliphatic rings. The van der Waals surface area contributed by atoms with Gasteiger partial charge in [-0.25, -0.2) is 0 Å². The van der Waals surface area contributed by atoms with Crippen LogP contribution in [0.15, 0.2) is 29.2 Å². The van der Waals surface area contributed by atoms with Crippen molar-refractivity contribution in [2.45, 2.75) is 63.2 Å². The molecule has 31 heavy (non-hydrogen) atoms. The first-order chi connectivity index (χ1) is 15.1. The van der Waals surface area contributed by atoms with E-state index in [0.717, 1.165) is 41.9 Å². The third-order valence-electron chi connectivity index (χ3n) is 5.73. The smallest absolute Gasteiger partial charge is 0.261 e. The first-order valence-corrected chi connectivity index (χ1v) is 13.8. The van der Waals surface area contributed by atoms with Crippen molar-refractivity contribution in [1.29, 1.82) is 0 Å². The Labute approximate surface area is 199 Å². The summed E-state index contributed by atoms with van der Waals surface area (Å²) in [6.45, 7) is 3.03. The van der Waals surface area contributed by atoms with Crippen LogP contribution in [0.2, 0.25) is 5.02 Å². The van der Waals surface area contributed by atoms with Crippen LogP contribution in [0, 0.1) is 0 Å². The molecule has 1 saturated heterocycles. The number of nitrogens with zero attached hydrogens (tertiary/aromatic N) is 1. The van der Waals surface area contributed by atoms with E-state index < -0.39 is 0 Å². The number of rotatable bonds is 10. The number of hydrogen-bond donors (Lipinski definition) is 1. The van der Waals surface area contributed by atoms with E-state index in [1.807, 2.05) is 47.0 Å². The number of nitrogens with one attached hydrogen (secondary N) is 1. The fourth-order valence-electron chi connectivity index (χ4n) is 4.03. The van der Waals surface area contributed by atoms with Gasteiger partial charge in [0.05, 0.1) is 4.91 Å². The summed E-state index contributed by atoms with van der Waals surface area (Å²) in [5.74, 6) is 2.19. The minimum Gasteiger partial charge on any atom is -0.355 e. The summed E-state index contributed by atoms with van der Waals surface area (Å²) in [4.78, 5) is 28.5. The predicted molar refractivity (Wildman–Crippen MR) is 135 cm³/mol. The zero-order chi connectivity index (χ0) is 22.1.